The molecule has 0 aliphatic carbocycles. The Morgan fingerprint density at radius 2 is 2.12 bits per heavy atom. The molecule has 0 saturated carbocycles. The lowest BCUT2D eigenvalue weighted by Gasteiger charge is -2.21. The predicted octanol–water partition coefficient (Wildman–Crippen LogP) is 1.13. The normalized spacial score (nSPS) is 22.5. The van der Waals surface area contributed by atoms with Crippen LogP contribution in [-0.2, 0) is 18.3 Å². The number of nitrogens with one attached hydrogen (secondary N) is 1. The van der Waals surface area contributed by atoms with Crippen molar-refractivity contribution in [3.8, 4) is 17.2 Å². The highest BCUT2D eigenvalue weighted by Gasteiger charge is 2.30. The second kappa shape index (κ2) is 6.70. The van der Waals surface area contributed by atoms with Gasteiger partial charge in [0.1, 0.15) is 19.3 Å². The molecule has 0 spiro atoms. The molecule has 1 aromatic carbocycles. The second-order valence-corrected chi connectivity index (χ2v) is 6.01. The summed E-state index contributed by atoms with van der Waals surface area (Å²) in [5, 5.41) is 7.63. The van der Waals surface area contributed by atoms with Gasteiger partial charge in [0.05, 0.1) is 31.6 Å². The van der Waals surface area contributed by atoms with Crippen molar-refractivity contribution in [2.75, 3.05) is 26.4 Å². The van der Waals surface area contributed by atoms with Crippen LogP contribution in [0.15, 0.2) is 30.6 Å². The topological polar surface area (TPSA) is 66.8 Å². The van der Waals surface area contributed by atoms with E-state index < -0.39 is 0 Å². The van der Waals surface area contributed by atoms with Gasteiger partial charge < -0.3 is 24.3 Å². The van der Waals surface area contributed by atoms with Crippen LogP contribution >= 0.6 is 0 Å². The van der Waals surface area contributed by atoms with Crippen molar-refractivity contribution in [1.82, 2.24) is 15.1 Å². The average molecular weight is 331 g/mol. The maximum atomic E-state index is 5.97. The summed E-state index contributed by atoms with van der Waals surface area (Å²) in [6.07, 6.45) is 3.55. The van der Waals surface area contributed by atoms with Crippen LogP contribution in [0.2, 0.25) is 0 Å². The number of rotatable bonds is 5. The summed E-state index contributed by atoms with van der Waals surface area (Å²) in [6, 6.07) is 6.17. The molecule has 0 bridgehead atoms. The summed E-state index contributed by atoms with van der Waals surface area (Å²) < 4.78 is 24.4. The molecule has 128 valence electrons. The summed E-state index contributed by atoms with van der Waals surface area (Å²) in [5.74, 6) is 2.39. The number of benzene rings is 1. The van der Waals surface area contributed by atoms with Gasteiger partial charge in [0.2, 0.25) is 0 Å². The molecule has 7 heteroatoms. The fourth-order valence-corrected chi connectivity index (χ4v) is 2.92. The molecule has 1 fully saturated rings. The first-order valence-corrected chi connectivity index (χ1v) is 8.13. The third-order valence-corrected chi connectivity index (χ3v) is 4.17. The van der Waals surface area contributed by atoms with Crippen LogP contribution in [0.1, 0.15) is 5.56 Å². The van der Waals surface area contributed by atoms with Gasteiger partial charge in [0.25, 0.3) is 0 Å². The van der Waals surface area contributed by atoms with Crippen molar-refractivity contribution in [2.24, 2.45) is 7.05 Å². The van der Waals surface area contributed by atoms with Crippen LogP contribution in [0, 0.1) is 0 Å². The van der Waals surface area contributed by atoms with Crippen LogP contribution in [0.25, 0.3) is 0 Å². The van der Waals surface area contributed by atoms with Gasteiger partial charge in [-0.15, -0.1) is 0 Å². The Morgan fingerprint density at radius 1 is 1.25 bits per heavy atom. The molecule has 1 N–H and O–H groups in total. The Balaban J connectivity index is 1.36. The van der Waals surface area contributed by atoms with E-state index >= 15 is 0 Å². The number of nitrogens with zero attached hydrogens (tertiary/aromatic N) is 2. The smallest absolute Gasteiger partial charge is 0.161 e. The monoisotopic (exact) mass is 331 g/mol. The van der Waals surface area contributed by atoms with Crippen molar-refractivity contribution >= 4 is 0 Å². The Labute approximate surface area is 140 Å². The molecule has 2 atom stereocenters. The molecule has 7 nitrogen and oxygen atoms in total. The van der Waals surface area contributed by atoms with E-state index in [9.17, 15) is 0 Å². The van der Waals surface area contributed by atoms with Gasteiger partial charge in [-0.1, -0.05) is 6.07 Å². The molecule has 0 amide bonds. The molecule has 4 rings (SSSR count). The van der Waals surface area contributed by atoms with Gasteiger partial charge in [-0.3, -0.25) is 4.68 Å². The van der Waals surface area contributed by atoms with E-state index in [1.807, 2.05) is 31.4 Å². The molecule has 1 saturated heterocycles. The van der Waals surface area contributed by atoms with Gasteiger partial charge >= 0.3 is 0 Å². The summed E-state index contributed by atoms with van der Waals surface area (Å²) in [6.45, 7) is 3.14. The molecule has 24 heavy (non-hydrogen) atoms. The molecule has 0 unspecified atom stereocenters. The predicted molar refractivity (Wildman–Crippen MR) is 86.5 cm³/mol. The third kappa shape index (κ3) is 3.32. The van der Waals surface area contributed by atoms with Crippen molar-refractivity contribution in [3.05, 3.63) is 36.2 Å². The maximum Gasteiger partial charge on any atom is 0.161 e. The summed E-state index contributed by atoms with van der Waals surface area (Å²) in [7, 11) is 1.87. The van der Waals surface area contributed by atoms with Crippen LogP contribution in [0.3, 0.4) is 0 Å². The Kier molecular flexibility index (Phi) is 4.27. The first-order valence-electron chi connectivity index (χ1n) is 8.13. The van der Waals surface area contributed by atoms with E-state index in [4.69, 9.17) is 18.9 Å². The summed E-state index contributed by atoms with van der Waals surface area (Å²) in [4.78, 5) is 0. The number of aryl methyl sites for hydroxylation is 1. The number of fused-ring (bicyclic) bond motifs is 1. The lowest BCUT2D eigenvalue weighted by atomic mass is 10.1. The second-order valence-electron chi connectivity index (χ2n) is 6.01. The zero-order valence-corrected chi connectivity index (χ0v) is 13.6. The Bertz CT molecular complexity index is 703. The van der Waals surface area contributed by atoms with E-state index in [0.717, 1.165) is 29.4 Å². The first-order chi connectivity index (χ1) is 11.8. The van der Waals surface area contributed by atoms with Crippen LogP contribution in [0.5, 0.6) is 17.2 Å². The van der Waals surface area contributed by atoms with Crippen molar-refractivity contribution < 1.29 is 18.9 Å². The lowest BCUT2D eigenvalue weighted by molar-refractivity contribution is 0.139. The summed E-state index contributed by atoms with van der Waals surface area (Å²) >= 11 is 0. The summed E-state index contributed by atoms with van der Waals surface area (Å²) in [5.41, 5.74) is 1.14. The highest BCUT2D eigenvalue weighted by atomic mass is 16.6. The van der Waals surface area contributed by atoms with E-state index in [2.05, 4.69) is 10.4 Å². The number of hydrogen-bond donors (Lipinski definition) is 1. The van der Waals surface area contributed by atoms with Crippen LogP contribution < -0.4 is 19.5 Å². The molecule has 3 heterocycles. The molecule has 2 aliphatic heterocycles. The fraction of sp³-hybridized carbons (Fsp3) is 0.471. The minimum atomic E-state index is -0.0218. The first kappa shape index (κ1) is 15.3. The van der Waals surface area contributed by atoms with Crippen molar-refractivity contribution in [3.63, 3.8) is 0 Å². The van der Waals surface area contributed by atoms with Crippen LogP contribution in [0.4, 0.5) is 0 Å². The van der Waals surface area contributed by atoms with Crippen LogP contribution in [-0.4, -0.2) is 48.4 Å². The molecule has 2 aliphatic rings. The molecule has 0 radical (unpaired) electrons. The quantitative estimate of drug-likeness (QED) is 0.886. The highest BCUT2D eigenvalue weighted by Crippen LogP contribution is 2.30. The fourth-order valence-electron chi connectivity index (χ4n) is 2.92. The average Bonchev–Trinajstić information content (AvgIpc) is 3.22. The Hall–Kier alpha value is -2.25. The van der Waals surface area contributed by atoms with Gasteiger partial charge in [-0.25, -0.2) is 0 Å². The molecular weight excluding hydrogens is 310 g/mol. The van der Waals surface area contributed by atoms with Gasteiger partial charge in [-0.2, -0.15) is 5.10 Å². The number of ether oxygens (including phenoxy) is 4. The zero-order valence-electron chi connectivity index (χ0n) is 13.6. The van der Waals surface area contributed by atoms with Crippen molar-refractivity contribution in [1.29, 1.82) is 0 Å². The van der Waals surface area contributed by atoms with Gasteiger partial charge in [-0.05, 0) is 17.7 Å². The SMILES string of the molecule is Cn1cc(O[C@@H]2COC[C@@H]2NCc2ccc3c(c2)OCCO3)cn1. The van der Waals surface area contributed by atoms with E-state index in [0.29, 0.717) is 26.4 Å². The minimum absolute atomic E-state index is 0.0218. The Morgan fingerprint density at radius 3 is 2.96 bits per heavy atom. The van der Waals surface area contributed by atoms with E-state index in [1.54, 1.807) is 10.9 Å². The van der Waals surface area contributed by atoms with Gasteiger partial charge in [0.15, 0.2) is 17.2 Å². The molecular formula is C17H21N3O4. The highest BCUT2D eigenvalue weighted by molar-refractivity contribution is 5.43. The third-order valence-electron chi connectivity index (χ3n) is 4.17. The maximum absolute atomic E-state index is 5.97. The largest absolute Gasteiger partial charge is 0.486 e. The minimum Gasteiger partial charge on any atom is -0.486 e. The van der Waals surface area contributed by atoms with E-state index in [1.165, 1.54) is 0 Å². The molecule has 1 aromatic heterocycles. The number of aromatic nitrogens is 2. The van der Waals surface area contributed by atoms with E-state index in [-0.39, 0.29) is 12.1 Å². The van der Waals surface area contributed by atoms with Crippen molar-refractivity contribution in [2.45, 2.75) is 18.7 Å². The standard InChI is InChI=1S/C17H21N3O4/c1-20-9-13(8-19-20)24-17-11-21-10-14(17)18-7-12-2-3-15-16(6-12)23-5-4-22-15/h2-3,6,8-9,14,17-18H,4-5,7,10-11H2,1H3/t14-,17+/m0/s1. The molecule has 2 aromatic rings. The number of hydrogen-bond acceptors (Lipinski definition) is 6. The van der Waals surface area contributed by atoms with Gasteiger partial charge in [0, 0.05) is 13.6 Å². The lowest BCUT2D eigenvalue weighted by Crippen LogP contribution is -2.41. The zero-order chi connectivity index (χ0) is 16.4.